The van der Waals surface area contributed by atoms with Gasteiger partial charge >= 0.3 is 6.09 Å². The van der Waals surface area contributed by atoms with Gasteiger partial charge in [-0.2, -0.15) is 0 Å². The first-order chi connectivity index (χ1) is 9.02. The van der Waals surface area contributed by atoms with Crippen LogP contribution < -0.4 is 5.73 Å². The molecule has 1 amide bonds. The summed E-state index contributed by atoms with van der Waals surface area (Å²) in [6.45, 7) is 9.98. The second-order valence-electron chi connectivity index (χ2n) is 7.30. The summed E-state index contributed by atoms with van der Waals surface area (Å²) in [6, 6.07) is 0.0390. The molecule has 0 bridgehead atoms. The molecule has 5 nitrogen and oxygen atoms in total. The third-order valence-corrected chi connectivity index (χ3v) is 3.69. The van der Waals surface area contributed by atoms with Crippen molar-refractivity contribution in [3.8, 4) is 0 Å². The molecule has 0 saturated heterocycles. The van der Waals surface area contributed by atoms with E-state index in [2.05, 4.69) is 0 Å². The second kappa shape index (κ2) is 6.31. The number of amides is 1. The van der Waals surface area contributed by atoms with E-state index in [-0.39, 0.29) is 18.2 Å². The fourth-order valence-electron chi connectivity index (χ4n) is 2.45. The van der Waals surface area contributed by atoms with Crippen molar-refractivity contribution in [2.24, 2.45) is 5.73 Å². The van der Waals surface area contributed by atoms with Crippen LogP contribution in [-0.2, 0) is 4.74 Å². The van der Waals surface area contributed by atoms with Crippen molar-refractivity contribution >= 4 is 6.09 Å². The Morgan fingerprint density at radius 2 is 1.90 bits per heavy atom. The number of nitrogens with zero attached hydrogens (tertiary/aromatic N) is 1. The first-order valence-corrected chi connectivity index (χ1v) is 7.49. The average Bonchev–Trinajstić information content (AvgIpc) is 2.28. The predicted octanol–water partition coefficient (Wildman–Crippen LogP) is 2.26. The largest absolute Gasteiger partial charge is 0.444 e. The normalized spacial score (nSPS) is 27.5. The monoisotopic (exact) mass is 286 g/mol. The molecule has 0 spiro atoms. The molecule has 0 aromatic heterocycles. The molecule has 1 fully saturated rings. The number of carbonyl (C=O) groups is 1. The van der Waals surface area contributed by atoms with Crippen molar-refractivity contribution in [3.05, 3.63) is 0 Å². The number of carbonyl (C=O) groups excluding carboxylic acids is 1. The van der Waals surface area contributed by atoms with Gasteiger partial charge < -0.3 is 20.5 Å². The highest BCUT2D eigenvalue weighted by atomic mass is 16.6. The zero-order valence-electron chi connectivity index (χ0n) is 13.5. The fourth-order valence-corrected chi connectivity index (χ4v) is 2.45. The highest BCUT2D eigenvalue weighted by Gasteiger charge is 2.36. The Labute approximate surface area is 122 Å². The molecule has 0 aromatic rings. The predicted molar refractivity (Wildman–Crippen MR) is 79.5 cm³/mol. The Hall–Kier alpha value is -0.810. The van der Waals surface area contributed by atoms with Crippen molar-refractivity contribution in [2.75, 3.05) is 6.54 Å². The maximum Gasteiger partial charge on any atom is 0.410 e. The Morgan fingerprint density at radius 3 is 2.30 bits per heavy atom. The van der Waals surface area contributed by atoms with Crippen LogP contribution in [0.3, 0.4) is 0 Å². The molecule has 0 atom stereocenters. The zero-order valence-corrected chi connectivity index (χ0v) is 13.5. The quantitative estimate of drug-likeness (QED) is 0.834. The first-order valence-electron chi connectivity index (χ1n) is 7.49. The summed E-state index contributed by atoms with van der Waals surface area (Å²) in [5.41, 5.74) is 5.48. The number of hydrogen-bond acceptors (Lipinski definition) is 4. The minimum absolute atomic E-state index is 0.0390. The average molecular weight is 286 g/mol. The molecule has 118 valence electrons. The third kappa shape index (κ3) is 5.29. The Bertz CT molecular complexity index is 329. The van der Waals surface area contributed by atoms with E-state index < -0.39 is 11.1 Å². The molecule has 0 unspecified atom stereocenters. The smallest absolute Gasteiger partial charge is 0.410 e. The van der Waals surface area contributed by atoms with E-state index in [0.717, 1.165) is 12.8 Å². The van der Waals surface area contributed by atoms with E-state index in [1.165, 1.54) is 0 Å². The standard InChI is InChI=1S/C15H30N2O3/c1-11(2)17(13(19)20-14(3,4)5)10-15(16)8-6-12(18)7-9-15/h11-12,18H,6-10,16H2,1-5H3. The van der Waals surface area contributed by atoms with Crippen LogP contribution in [0, 0.1) is 0 Å². The Kier molecular flexibility index (Phi) is 5.44. The van der Waals surface area contributed by atoms with Gasteiger partial charge in [-0.3, -0.25) is 0 Å². The van der Waals surface area contributed by atoms with Gasteiger partial charge in [0.15, 0.2) is 0 Å². The van der Waals surface area contributed by atoms with Crippen molar-refractivity contribution in [2.45, 2.75) is 83.6 Å². The van der Waals surface area contributed by atoms with E-state index in [4.69, 9.17) is 10.5 Å². The molecule has 1 saturated carbocycles. The highest BCUT2D eigenvalue weighted by molar-refractivity contribution is 5.68. The van der Waals surface area contributed by atoms with Crippen molar-refractivity contribution < 1.29 is 14.6 Å². The molecule has 20 heavy (non-hydrogen) atoms. The van der Waals surface area contributed by atoms with Crippen LogP contribution >= 0.6 is 0 Å². The summed E-state index contributed by atoms with van der Waals surface area (Å²) in [5.74, 6) is 0. The number of nitrogens with two attached hydrogens (primary N) is 1. The number of hydrogen-bond donors (Lipinski definition) is 2. The van der Waals surface area contributed by atoms with E-state index >= 15 is 0 Å². The topological polar surface area (TPSA) is 75.8 Å². The number of aliphatic hydroxyl groups excluding tert-OH is 1. The minimum atomic E-state index is -0.505. The lowest BCUT2D eigenvalue weighted by molar-refractivity contribution is 0.00853. The van der Waals surface area contributed by atoms with Gasteiger partial charge in [-0.1, -0.05) is 0 Å². The SMILES string of the molecule is CC(C)N(CC1(N)CCC(O)CC1)C(=O)OC(C)(C)C. The first kappa shape index (κ1) is 17.2. The Morgan fingerprint density at radius 1 is 1.40 bits per heavy atom. The van der Waals surface area contributed by atoms with Crippen molar-refractivity contribution in [1.29, 1.82) is 0 Å². The molecule has 1 rings (SSSR count). The molecule has 0 aromatic carbocycles. The lowest BCUT2D eigenvalue weighted by atomic mass is 9.80. The van der Waals surface area contributed by atoms with Crippen molar-refractivity contribution in [1.82, 2.24) is 4.90 Å². The van der Waals surface area contributed by atoms with Crippen molar-refractivity contribution in [3.63, 3.8) is 0 Å². The molecule has 0 heterocycles. The van der Waals surface area contributed by atoms with Crippen LogP contribution in [0.15, 0.2) is 0 Å². The van der Waals surface area contributed by atoms with Crippen LogP contribution in [0.4, 0.5) is 4.79 Å². The van der Waals surface area contributed by atoms with Gasteiger partial charge in [0.25, 0.3) is 0 Å². The molecule has 1 aliphatic carbocycles. The van der Waals surface area contributed by atoms with E-state index in [9.17, 15) is 9.90 Å². The molecule has 1 aliphatic rings. The molecule has 0 radical (unpaired) electrons. The fraction of sp³-hybridized carbons (Fsp3) is 0.933. The maximum absolute atomic E-state index is 12.3. The highest BCUT2D eigenvalue weighted by Crippen LogP contribution is 2.28. The minimum Gasteiger partial charge on any atom is -0.444 e. The molecule has 5 heteroatoms. The van der Waals surface area contributed by atoms with E-state index in [1.54, 1.807) is 4.90 Å². The van der Waals surface area contributed by atoms with Gasteiger partial charge in [-0.05, 0) is 60.3 Å². The van der Waals surface area contributed by atoms with Gasteiger partial charge in [-0.25, -0.2) is 4.79 Å². The third-order valence-electron chi connectivity index (χ3n) is 3.69. The summed E-state index contributed by atoms with van der Waals surface area (Å²) in [4.78, 5) is 14.0. The second-order valence-corrected chi connectivity index (χ2v) is 7.30. The van der Waals surface area contributed by atoms with Gasteiger partial charge in [0, 0.05) is 18.1 Å². The summed E-state index contributed by atoms with van der Waals surface area (Å²) in [6.07, 6.45) is 2.32. The maximum atomic E-state index is 12.3. The zero-order chi connectivity index (χ0) is 15.6. The molecular formula is C15H30N2O3. The molecular weight excluding hydrogens is 256 g/mol. The van der Waals surface area contributed by atoms with Crippen LogP contribution in [0.25, 0.3) is 0 Å². The van der Waals surface area contributed by atoms with Gasteiger partial charge in [0.1, 0.15) is 5.60 Å². The van der Waals surface area contributed by atoms with Gasteiger partial charge in [0.2, 0.25) is 0 Å². The lowest BCUT2D eigenvalue weighted by Crippen LogP contribution is -2.56. The summed E-state index contributed by atoms with van der Waals surface area (Å²) in [7, 11) is 0. The molecule has 3 N–H and O–H groups in total. The van der Waals surface area contributed by atoms with Crippen LogP contribution in [0.1, 0.15) is 60.3 Å². The van der Waals surface area contributed by atoms with E-state index in [0.29, 0.717) is 19.4 Å². The van der Waals surface area contributed by atoms with E-state index in [1.807, 2.05) is 34.6 Å². The van der Waals surface area contributed by atoms with Crippen LogP contribution in [0.5, 0.6) is 0 Å². The molecule has 0 aliphatic heterocycles. The van der Waals surface area contributed by atoms with Crippen LogP contribution in [-0.4, -0.2) is 45.9 Å². The number of aliphatic hydroxyl groups is 1. The summed E-state index contributed by atoms with van der Waals surface area (Å²) < 4.78 is 5.45. The van der Waals surface area contributed by atoms with Gasteiger partial charge in [-0.15, -0.1) is 0 Å². The lowest BCUT2D eigenvalue weighted by Gasteiger charge is -2.41. The van der Waals surface area contributed by atoms with Gasteiger partial charge in [0.05, 0.1) is 6.10 Å². The number of rotatable bonds is 3. The van der Waals surface area contributed by atoms with Crippen LogP contribution in [0.2, 0.25) is 0 Å². The summed E-state index contributed by atoms with van der Waals surface area (Å²) in [5, 5.41) is 9.59. The summed E-state index contributed by atoms with van der Waals surface area (Å²) >= 11 is 0. The Balaban J connectivity index is 2.70. The number of ether oxygens (including phenoxy) is 1.